The molecule has 0 aliphatic carbocycles. The average molecular weight is 393 g/mol. The number of carbonyl (C=O) groups excluding carboxylic acids is 2. The average Bonchev–Trinajstić information content (AvgIpc) is 3.21. The van der Waals surface area contributed by atoms with Crippen molar-refractivity contribution < 1.29 is 14.4 Å². The fourth-order valence-electron chi connectivity index (χ4n) is 4.56. The number of likely N-dealkylation sites (tertiary alicyclic amines) is 1. The van der Waals surface area contributed by atoms with Crippen LogP contribution < -0.4 is 10.4 Å². The standard InChI is InChI=1S/C21H23N5O3/c1-29-26-8-2-3-14-4-5-15(11-17(14)26)20(28)25-9-6-21(7-10-25)12-16-13-22-24-18(16)19(27)23-21/h2-5,11,13H,6-10,12H2,1H3,(H,22,24)(H,23,27). The first-order valence-corrected chi connectivity index (χ1v) is 9.85. The molecule has 0 bridgehead atoms. The maximum atomic E-state index is 13.1. The highest BCUT2D eigenvalue weighted by atomic mass is 16.7. The van der Waals surface area contributed by atoms with Crippen molar-refractivity contribution in [1.82, 2.24) is 20.4 Å². The van der Waals surface area contributed by atoms with Gasteiger partial charge in [-0.1, -0.05) is 18.2 Å². The number of aromatic amines is 1. The van der Waals surface area contributed by atoms with Gasteiger partial charge in [-0.05, 0) is 37.0 Å². The number of hydrogen-bond donors (Lipinski definition) is 2. The Labute approximate surface area is 168 Å². The van der Waals surface area contributed by atoms with Crippen LogP contribution in [0.5, 0.6) is 0 Å². The Morgan fingerprint density at radius 1 is 1.28 bits per heavy atom. The maximum Gasteiger partial charge on any atom is 0.270 e. The molecule has 3 aliphatic rings. The molecule has 3 aliphatic heterocycles. The van der Waals surface area contributed by atoms with E-state index in [9.17, 15) is 9.59 Å². The minimum atomic E-state index is -0.293. The lowest BCUT2D eigenvalue weighted by Crippen LogP contribution is -2.59. The highest BCUT2D eigenvalue weighted by molar-refractivity contribution is 5.97. The van der Waals surface area contributed by atoms with Gasteiger partial charge in [-0.25, -0.2) is 0 Å². The van der Waals surface area contributed by atoms with Gasteiger partial charge in [0.15, 0.2) is 0 Å². The molecule has 8 nitrogen and oxygen atoms in total. The van der Waals surface area contributed by atoms with Crippen LogP contribution in [0.4, 0.5) is 5.69 Å². The smallest absolute Gasteiger partial charge is 0.270 e. The van der Waals surface area contributed by atoms with E-state index in [4.69, 9.17) is 4.84 Å². The first-order chi connectivity index (χ1) is 14.1. The summed E-state index contributed by atoms with van der Waals surface area (Å²) in [6, 6.07) is 5.72. The van der Waals surface area contributed by atoms with Crippen LogP contribution in [0.2, 0.25) is 0 Å². The third-order valence-corrected chi connectivity index (χ3v) is 6.20. The number of H-pyrrole nitrogens is 1. The second-order valence-electron chi connectivity index (χ2n) is 7.89. The molecule has 0 radical (unpaired) electrons. The Morgan fingerprint density at radius 2 is 2.10 bits per heavy atom. The molecule has 2 amide bonds. The second-order valence-corrected chi connectivity index (χ2v) is 7.89. The molecular weight excluding hydrogens is 370 g/mol. The number of hydroxylamine groups is 1. The Balaban J connectivity index is 1.31. The Bertz CT molecular complexity index is 1000. The van der Waals surface area contributed by atoms with Crippen molar-refractivity contribution >= 4 is 23.6 Å². The number of nitrogens with one attached hydrogen (secondary N) is 2. The minimum absolute atomic E-state index is 0.0133. The third-order valence-electron chi connectivity index (χ3n) is 6.20. The largest absolute Gasteiger partial charge is 0.345 e. The summed E-state index contributed by atoms with van der Waals surface area (Å²) >= 11 is 0. The van der Waals surface area contributed by atoms with Crippen LogP contribution in [0.15, 0.2) is 30.5 Å². The van der Waals surface area contributed by atoms with Crippen LogP contribution in [-0.2, 0) is 11.3 Å². The number of anilines is 1. The quantitative estimate of drug-likeness (QED) is 0.812. The van der Waals surface area contributed by atoms with Gasteiger partial charge in [-0.15, -0.1) is 0 Å². The molecule has 1 fully saturated rings. The van der Waals surface area contributed by atoms with Crippen molar-refractivity contribution in [2.45, 2.75) is 24.8 Å². The molecule has 8 heteroatoms. The summed E-state index contributed by atoms with van der Waals surface area (Å²) in [6.07, 6.45) is 8.01. The Hall–Kier alpha value is -3.13. The second kappa shape index (κ2) is 6.73. The molecule has 2 N–H and O–H groups in total. The van der Waals surface area contributed by atoms with Gasteiger partial charge in [0, 0.05) is 29.8 Å². The van der Waals surface area contributed by atoms with Gasteiger partial charge >= 0.3 is 0 Å². The summed E-state index contributed by atoms with van der Waals surface area (Å²) < 4.78 is 0. The molecule has 0 atom stereocenters. The first kappa shape index (κ1) is 17.9. The monoisotopic (exact) mass is 393 g/mol. The molecule has 4 heterocycles. The predicted octanol–water partition coefficient (Wildman–Crippen LogP) is 1.77. The fraction of sp³-hybridized carbons (Fsp3) is 0.381. The zero-order valence-electron chi connectivity index (χ0n) is 16.3. The van der Waals surface area contributed by atoms with Crippen LogP contribution in [0.25, 0.3) is 6.08 Å². The van der Waals surface area contributed by atoms with E-state index in [1.807, 2.05) is 35.3 Å². The van der Waals surface area contributed by atoms with Gasteiger partial charge in [0.05, 0.1) is 25.5 Å². The van der Waals surface area contributed by atoms with E-state index in [0.717, 1.165) is 36.1 Å². The summed E-state index contributed by atoms with van der Waals surface area (Å²) in [5, 5.41) is 11.7. The molecule has 1 aromatic heterocycles. The van der Waals surface area contributed by atoms with E-state index in [2.05, 4.69) is 15.5 Å². The molecule has 1 spiro atoms. The van der Waals surface area contributed by atoms with Crippen molar-refractivity contribution in [3.05, 3.63) is 52.9 Å². The summed E-state index contributed by atoms with van der Waals surface area (Å²) in [4.78, 5) is 32.8. The first-order valence-electron chi connectivity index (χ1n) is 9.85. The van der Waals surface area contributed by atoms with E-state index in [1.165, 1.54) is 0 Å². The number of nitrogens with zero attached hydrogens (tertiary/aromatic N) is 3. The molecule has 0 unspecified atom stereocenters. The Morgan fingerprint density at radius 3 is 2.90 bits per heavy atom. The lowest BCUT2D eigenvalue weighted by molar-refractivity contribution is 0.0605. The molecule has 0 saturated carbocycles. The van der Waals surface area contributed by atoms with E-state index in [0.29, 0.717) is 30.9 Å². The zero-order valence-corrected chi connectivity index (χ0v) is 16.3. The van der Waals surface area contributed by atoms with Gasteiger partial charge in [0.2, 0.25) is 0 Å². The van der Waals surface area contributed by atoms with Crippen LogP contribution >= 0.6 is 0 Å². The van der Waals surface area contributed by atoms with Gasteiger partial charge in [-0.3, -0.25) is 24.6 Å². The summed E-state index contributed by atoms with van der Waals surface area (Å²) in [7, 11) is 1.63. The lowest BCUT2D eigenvalue weighted by Gasteiger charge is -2.44. The van der Waals surface area contributed by atoms with Gasteiger partial charge in [0.1, 0.15) is 5.69 Å². The zero-order chi connectivity index (χ0) is 20.0. The summed E-state index contributed by atoms with van der Waals surface area (Å²) in [5.41, 5.74) is 3.81. The van der Waals surface area contributed by atoms with Crippen LogP contribution in [0, 0.1) is 0 Å². The van der Waals surface area contributed by atoms with E-state index in [-0.39, 0.29) is 17.4 Å². The number of benzene rings is 1. The molecule has 150 valence electrons. The number of rotatable bonds is 2. The van der Waals surface area contributed by atoms with E-state index in [1.54, 1.807) is 18.4 Å². The normalized spacial score (nSPS) is 19.7. The third kappa shape index (κ3) is 3.00. The van der Waals surface area contributed by atoms with Crippen molar-refractivity contribution in [2.75, 3.05) is 31.8 Å². The minimum Gasteiger partial charge on any atom is -0.345 e. The molecule has 2 aromatic rings. The molecule has 5 rings (SSSR count). The van der Waals surface area contributed by atoms with Gasteiger partial charge < -0.3 is 10.2 Å². The van der Waals surface area contributed by atoms with E-state index >= 15 is 0 Å². The fourth-order valence-corrected chi connectivity index (χ4v) is 4.56. The number of amides is 2. The summed E-state index contributed by atoms with van der Waals surface area (Å²) in [5.74, 6) is -0.0923. The number of piperidine rings is 1. The lowest BCUT2D eigenvalue weighted by atomic mass is 9.79. The van der Waals surface area contributed by atoms with Gasteiger partial charge in [0.25, 0.3) is 11.8 Å². The molecule has 29 heavy (non-hydrogen) atoms. The summed E-state index contributed by atoms with van der Waals surface area (Å²) in [6.45, 7) is 1.87. The van der Waals surface area contributed by atoms with Crippen molar-refractivity contribution in [3.63, 3.8) is 0 Å². The topological polar surface area (TPSA) is 90.6 Å². The number of hydrogen-bond acceptors (Lipinski definition) is 5. The number of fused-ring (bicyclic) bond motifs is 2. The molecule has 1 saturated heterocycles. The van der Waals surface area contributed by atoms with Gasteiger partial charge in [-0.2, -0.15) is 5.10 Å². The highest BCUT2D eigenvalue weighted by Gasteiger charge is 2.42. The van der Waals surface area contributed by atoms with Crippen molar-refractivity contribution in [3.8, 4) is 0 Å². The Kier molecular flexibility index (Phi) is 4.16. The number of carbonyl (C=O) groups is 2. The van der Waals surface area contributed by atoms with Crippen LogP contribution in [0.1, 0.15) is 44.8 Å². The van der Waals surface area contributed by atoms with Crippen molar-refractivity contribution in [2.24, 2.45) is 0 Å². The SMILES string of the molecule is CON1CC=Cc2ccc(C(=O)N3CCC4(CC3)Cc3cn[nH]c3C(=O)N4)cc21. The highest BCUT2D eigenvalue weighted by Crippen LogP contribution is 2.32. The van der Waals surface area contributed by atoms with E-state index < -0.39 is 0 Å². The van der Waals surface area contributed by atoms with Crippen LogP contribution in [-0.4, -0.2) is 59.2 Å². The predicted molar refractivity (Wildman–Crippen MR) is 107 cm³/mol. The van der Waals surface area contributed by atoms with Crippen molar-refractivity contribution in [1.29, 1.82) is 0 Å². The molecular formula is C21H23N5O3. The number of aromatic nitrogens is 2. The van der Waals surface area contributed by atoms with Crippen LogP contribution in [0.3, 0.4) is 0 Å². The molecule has 1 aromatic carbocycles. The maximum absolute atomic E-state index is 13.1.